The van der Waals surface area contributed by atoms with Crippen molar-refractivity contribution in [2.45, 2.75) is 38.1 Å². The Kier molecular flexibility index (Phi) is 11.1. The molecular formula is C40H40N6O7. The highest BCUT2D eigenvalue weighted by molar-refractivity contribution is 6.25. The van der Waals surface area contributed by atoms with Crippen molar-refractivity contribution in [1.29, 1.82) is 0 Å². The lowest BCUT2D eigenvalue weighted by Gasteiger charge is -2.24. The van der Waals surface area contributed by atoms with Crippen LogP contribution in [0.5, 0.6) is 11.5 Å². The van der Waals surface area contributed by atoms with Gasteiger partial charge in [-0.05, 0) is 62.1 Å². The molecule has 4 N–H and O–H groups in total. The second-order valence-corrected chi connectivity index (χ2v) is 12.7. The molecule has 272 valence electrons. The second-order valence-electron chi connectivity index (χ2n) is 12.7. The largest absolute Gasteiger partial charge is 0.457 e. The summed E-state index contributed by atoms with van der Waals surface area (Å²) in [5.41, 5.74) is 2.73. The number of unbranched alkanes of at least 4 members (excludes halogenated alkanes) is 2. The van der Waals surface area contributed by atoms with E-state index in [4.69, 9.17) is 4.74 Å². The lowest BCUT2D eigenvalue weighted by Crippen LogP contribution is -2.48. The normalized spacial score (nSPS) is 12.8. The van der Waals surface area contributed by atoms with Gasteiger partial charge in [-0.25, -0.2) is 0 Å². The number of nitrogens with zero attached hydrogens (tertiary/aromatic N) is 2. The third kappa shape index (κ3) is 7.59. The summed E-state index contributed by atoms with van der Waals surface area (Å²) < 4.78 is 7.67. The highest BCUT2D eigenvalue weighted by Gasteiger charge is 2.43. The quantitative estimate of drug-likeness (QED) is 0.0626. The van der Waals surface area contributed by atoms with Gasteiger partial charge in [0.05, 0.1) is 11.1 Å². The van der Waals surface area contributed by atoms with Gasteiger partial charge in [0.25, 0.3) is 23.3 Å². The minimum Gasteiger partial charge on any atom is -0.457 e. The molecule has 0 aliphatic carbocycles. The van der Waals surface area contributed by atoms with Gasteiger partial charge in [-0.15, -0.1) is 0 Å². The van der Waals surface area contributed by atoms with Gasteiger partial charge in [-0.3, -0.25) is 28.9 Å². The Balaban J connectivity index is 1.05. The number of aldehydes is 1. The topological polar surface area (TPSA) is 172 Å². The fourth-order valence-corrected chi connectivity index (χ4v) is 6.52. The van der Waals surface area contributed by atoms with Crippen molar-refractivity contribution in [2.24, 2.45) is 7.05 Å². The van der Waals surface area contributed by atoms with E-state index in [9.17, 15) is 28.8 Å². The van der Waals surface area contributed by atoms with Crippen molar-refractivity contribution < 1.29 is 28.7 Å². The molecule has 0 radical (unpaired) electrons. The van der Waals surface area contributed by atoms with Crippen molar-refractivity contribution in [3.63, 3.8) is 0 Å². The predicted molar refractivity (Wildman–Crippen MR) is 200 cm³/mol. The Hall–Kier alpha value is -6.50. The number of aromatic amines is 1. The first-order valence-corrected chi connectivity index (χ1v) is 17.5. The van der Waals surface area contributed by atoms with Gasteiger partial charge < -0.3 is 35.0 Å². The SMILES string of the molecule is CNC(=O)C(CCC=O)N1C(=O)c2cccc(NCCCCCNC(=O)c3cc4c(-c5ccccc5Oc5ccccc5)cn(C)c(=O)c4[nH]3)c2C1=O. The summed E-state index contributed by atoms with van der Waals surface area (Å²) in [5, 5.41) is 9.25. The molecule has 1 aliphatic heterocycles. The average Bonchev–Trinajstić information content (AvgIpc) is 3.73. The van der Waals surface area contributed by atoms with Crippen molar-refractivity contribution in [3.8, 4) is 22.6 Å². The van der Waals surface area contributed by atoms with E-state index in [1.165, 1.54) is 11.6 Å². The van der Waals surface area contributed by atoms with Crippen LogP contribution in [0.15, 0.2) is 89.9 Å². The number of hydrogen-bond acceptors (Lipinski definition) is 8. The number of para-hydroxylation sites is 2. The van der Waals surface area contributed by atoms with Gasteiger partial charge in [-0.1, -0.05) is 42.5 Å². The molecule has 1 aliphatic rings. The number of aromatic nitrogens is 2. The maximum Gasteiger partial charge on any atom is 0.274 e. The van der Waals surface area contributed by atoms with Gasteiger partial charge in [0.1, 0.15) is 35.0 Å². The minimum atomic E-state index is -1.09. The molecule has 0 fully saturated rings. The minimum absolute atomic E-state index is 0.0279. The highest BCUT2D eigenvalue weighted by Crippen LogP contribution is 2.37. The smallest absolute Gasteiger partial charge is 0.274 e. The third-order valence-electron chi connectivity index (χ3n) is 9.18. The Morgan fingerprint density at radius 1 is 0.868 bits per heavy atom. The maximum absolute atomic E-state index is 13.4. The molecule has 3 aromatic carbocycles. The number of fused-ring (bicyclic) bond motifs is 2. The lowest BCUT2D eigenvalue weighted by atomic mass is 10.0. The molecule has 4 amide bonds. The summed E-state index contributed by atoms with van der Waals surface area (Å²) in [6.07, 6.45) is 4.59. The Morgan fingerprint density at radius 3 is 2.38 bits per heavy atom. The first-order valence-electron chi connectivity index (χ1n) is 17.5. The first kappa shape index (κ1) is 36.3. The number of imide groups is 1. The zero-order valence-electron chi connectivity index (χ0n) is 29.4. The number of benzene rings is 3. The number of hydrogen-bond donors (Lipinski definition) is 4. The van der Waals surface area contributed by atoms with Crippen molar-refractivity contribution in [3.05, 3.63) is 112 Å². The molecule has 13 heteroatoms. The molecule has 13 nitrogen and oxygen atoms in total. The van der Waals surface area contributed by atoms with Crippen LogP contribution < -0.4 is 26.2 Å². The van der Waals surface area contributed by atoms with E-state index in [-0.39, 0.29) is 41.1 Å². The zero-order chi connectivity index (χ0) is 37.5. The number of aryl methyl sites for hydroxylation is 1. The van der Waals surface area contributed by atoms with Crippen molar-refractivity contribution >= 4 is 46.5 Å². The molecule has 0 bridgehead atoms. The van der Waals surface area contributed by atoms with Crippen LogP contribution in [0.2, 0.25) is 0 Å². The van der Waals surface area contributed by atoms with Gasteiger partial charge in [0, 0.05) is 62.0 Å². The predicted octanol–water partition coefficient (Wildman–Crippen LogP) is 5.03. The second kappa shape index (κ2) is 16.2. The summed E-state index contributed by atoms with van der Waals surface area (Å²) in [6.45, 7) is 0.899. The number of H-pyrrole nitrogens is 1. The van der Waals surface area contributed by atoms with Crippen LogP contribution >= 0.6 is 0 Å². The molecule has 1 unspecified atom stereocenters. The molecule has 5 aromatic rings. The number of anilines is 1. The summed E-state index contributed by atoms with van der Waals surface area (Å²) in [5.74, 6) is -0.721. The molecule has 2 aromatic heterocycles. The fourth-order valence-electron chi connectivity index (χ4n) is 6.52. The number of likely N-dealkylation sites (N-methyl/N-ethyl adjacent to an activating group) is 1. The summed E-state index contributed by atoms with van der Waals surface area (Å²) in [4.78, 5) is 80.4. The molecule has 1 atom stereocenters. The number of pyridine rings is 1. The van der Waals surface area contributed by atoms with Gasteiger partial charge >= 0.3 is 0 Å². The lowest BCUT2D eigenvalue weighted by molar-refractivity contribution is -0.124. The number of rotatable bonds is 16. The van der Waals surface area contributed by atoms with Crippen LogP contribution in [0, 0.1) is 0 Å². The molecule has 0 saturated carbocycles. The van der Waals surface area contributed by atoms with E-state index < -0.39 is 23.8 Å². The third-order valence-corrected chi connectivity index (χ3v) is 9.18. The van der Waals surface area contributed by atoms with Crippen LogP contribution in [0.3, 0.4) is 0 Å². The average molecular weight is 717 g/mol. The number of nitrogens with one attached hydrogen (secondary N) is 4. The standard InChI is InChI=1S/C40H40N6O7/c1-41-37(49)32(18-12-22-47)46-38(50)27-16-11-17-30(34(27)39(46)51)42-20-9-4-10-21-43-36(48)31-23-28-29(24-45(2)40(52)35(28)44-31)26-15-7-8-19-33(26)53-25-13-5-3-6-14-25/h3,5-8,11,13-17,19,22-24,32,42,44H,4,9-10,12,18,20-21H2,1-2H3,(H,41,49)(H,43,48). The zero-order valence-corrected chi connectivity index (χ0v) is 29.4. The highest BCUT2D eigenvalue weighted by atomic mass is 16.5. The molecule has 3 heterocycles. The van der Waals surface area contributed by atoms with Crippen LogP contribution in [0.4, 0.5) is 5.69 Å². The van der Waals surface area contributed by atoms with E-state index >= 15 is 0 Å². The van der Waals surface area contributed by atoms with Gasteiger partial charge in [0.2, 0.25) is 5.91 Å². The fraction of sp³-hybridized carbons (Fsp3) is 0.250. The number of ether oxygens (including phenoxy) is 1. The molecular weight excluding hydrogens is 676 g/mol. The van der Waals surface area contributed by atoms with Crippen LogP contribution in [0.1, 0.15) is 63.3 Å². The van der Waals surface area contributed by atoms with E-state index in [0.29, 0.717) is 60.3 Å². The number of amides is 4. The molecule has 53 heavy (non-hydrogen) atoms. The molecule has 0 saturated heterocycles. The number of carbonyl (C=O) groups excluding carboxylic acids is 5. The number of carbonyl (C=O) groups is 5. The Labute approximate surface area is 305 Å². The van der Waals surface area contributed by atoms with Crippen molar-refractivity contribution in [2.75, 3.05) is 25.5 Å². The van der Waals surface area contributed by atoms with Crippen molar-refractivity contribution in [1.82, 2.24) is 25.1 Å². The Morgan fingerprint density at radius 2 is 1.60 bits per heavy atom. The van der Waals surface area contributed by atoms with E-state index in [1.54, 1.807) is 37.5 Å². The molecule has 6 rings (SSSR count). The van der Waals surface area contributed by atoms with Gasteiger partial charge in [0.15, 0.2) is 0 Å². The van der Waals surface area contributed by atoms with E-state index in [0.717, 1.165) is 22.4 Å². The van der Waals surface area contributed by atoms with Crippen LogP contribution in [-0.2, 0) is 16.6 Å². The van der Waals surface area contributed by atoms with E-state index in [1.807, 2.05) is 54.6 Å². The van der Waals surface area contributed by atoms with Gasteiger partial charge in [-0.2, -0.15) is 0 Å². The summed E-state index contributed by atoms with van der Waals surface area (Å²) in [7, 11) is 3.08. The summed E-state index contributed by atoms with van der Waals surface area (Å²) in [6, 6.07) is 22.5. The van der Waals surface area contributed by atoms with Crippen LogP contribution in [-0.4, -0.2) is 70.5 Å². The molecule has 0 spiro atoms. The Bertz CT molecular complexity index is 2240. The monoisotopic (exact) mass is 716 g/mol. The van der Waals surface area contributed by atoms with E-state index in [2.05, 4.69) is 20.9 Å². The summed E-state index contributed by atoms with van der Waals surface area (Å²) >= 11 is 0. The first-order chi connectivity index (χ1) is 25.7. The van der Waals surface area contributed by atoms with Crippen LogP contribution in [0.25, 0.3) is 22.0 Å². The maximum atomic E-state index is 13.4.